The Morgan fingerprint density at radius 1 is 1.29 bits per heavy atom. The minimum Gasteiger partial charge on any atom is -0.465 e. The van der Waals surface area contributed by atoms with Gasteiger partial charge in [-0.05, 0) is 12.8 Å². The largest absolute Gasteiger partial charge is 0.465 e. The van der Waals surface area contributed by atoms with Crippen LogP contribution in [0.15, 0.2) is 0 Å². The number of ether oxygens (including phenoxy) is 1. The van der Waals surface area contributed by atoms with Gasteiger partial charge in [0.1, 0.15) is 6.04 Å². The lowest BCUT2D eigenvalue weighted by molar-refractivity contribution is -0.176. The summed E-state index contributed by atoms with van der Waals surface area (Å²) in [6.45, 7) is 3.76. The zero-order chi connectivity index (χ0) is 13.5. The topological polar surface area (TPSA) is 52.3 Å². The van der Waals surface area contributed by atoms with Crippen molar-refractivity contribution in [1.82, 2.24) is 0 Å². The molecule has 3 nitrogen and oxygen atoms in total. The first-order valence-corrected chi connectivity index (χ1v) is 5.83. The number of hydrogen-bond acceptors (Lipinski definition) is 3. The quantitative estimate of drug-likeness (QED) is 0.562. The van der Waals surface area contributed by atoms with E-state index in [4.69, 9.17) is 10.5 Å². The van der Waals surface area contributed by atoms with Crippen LogP contribution in [0.1, 0.15) is 39.5 Å². The van der Waals surface area contributed by atoms with Crippen molar-refractivity contribution in [2.75, 3.05) is 6.61 Å². The molecule has 0 radical (unpaired) electrons. The van der Waals surface area contributed by atoms with Crippen LogP contribution < -0.4 is 5.73 Å². The van der Waals surface area contributed by atoms with E-state index in [0.29, 0.717) is 12.8 Å². The van der Waals surface area contributed by atoms with Crippen molar-refractivity contribution in [3.63, 3.8) is 0 Å². The summed E-state index contributed by atoms with van der Waals surface area (Å²) in [5.74, 6) is -2.14. The summed E-state index contributed by atoms with van der Waals surface area (Å²) in [7, 11) is 0. The summed E-state index contributed by atoms with van der Waals surface area (Å²) in [5, 5.41) is 0. The summed E-state index contributed by atoms with van der Waals surface area (Å²) < 4.78 is 42.1. The molecular weight excluding hydrogens is 235 g/mol. The van der Waals surface area contributed by atoms with Gasteiger partial charge in [0.05, 0.1) is 12.5 Å². The molecule has 0 aromatic heterocycles. The number of carbonyl (C=O) groups is 1. The molecular formula is C11H20F3NO2. The van der Waals surface area contributed by atoms with Crippen LogP contribution in [0, 0.1) is 5.92 Å². The Hall–Kier alpha value is -0.780. The van der Waals surface area contributed by atoms with E-state index in [-0.39, 0.29) is 13.0 Å². The molecule has 0 amide bonds. The number of hydrogen-bond donors (Lipinski definition) is 1. The number of alkyl halides is 3. The highest BCUT2D eigenvalue weighted by Crippen LogP contribution is 2.27. The van der Waals surface area contributed by atoms with Crippen molar-refractivity contribution in [3.8, 4) is 0 Å². The van der Waals surface area contributed by atoms with E-state index in [2.05, 4.69) is 0 Å². The van der Waals surface area contributed by atoms with Gasteiger partial charge in [-0.15, -0.1) is 0 Å². The summed E-state index contributed by atoms with van der Waals surface area (Å²) in [5.41, 5.74) is 5.06. The van der Waals surface area contributed by atoms with E-state index in [1.807, 2.05) is 6.92 Å². The molecule has 0 aromatic rings. The highest BCUT2D eigenvalue weighted by atomic mass is 19.4. The highest BCUT2D eigenvalue weighted by Gasteiger charge is 2.45. The molecule has 6 heteroatoms. The third kappa shape index (κ3) is 5.91. The van der Waals surface area contributed by atoms with Gasteiger partial charge in [-0.1, -0.05) is 26.7 Å². The molecule has 0 spiro atoms. The Morgan fingerprint density at radius 3 is 2.29 bits per heavy atom. The first-order chi connectivity index (χ1) is 7.84. The minimum atomic E-state index is -4.57. The fourth-order valence-corrected chi connectivity index (χ4v) is 1.41. The molecule has 102 valence electrons. The fourth-order valence-electron chi connectivity index (χ4n) is 1.41. The summed E-state index contributed by atoms with van der Waals surface area (Å²) >= 11 is 0. The summed E-state index contributed by atoms with van der Waals surface area (Å²) in [4.78, 5) is 11.5. The van der Waals surface area contributed by atoms with E-state index < -0.39 is 24.1 Å². The van der Waals surface area contributed by atoms with E-state index >= 15 is 0 Å². The molecule has 0 rings (SSSR count). The van der Waals surface area contributed by atoms with Crippen molar-refractivity contribution in [3.05, 3.63) is 0 Å². The number of nitrogens with two attached hydrogens (primary N) is 1. The number of unbranched alkanes of at least 4 members (excludes halogenated alkanes) is 1. The zero-order valence-corrected chi connectivity index (χ0v) is 10.2. The SMILES string of the molecule is CCCCOC(=O)[C@@H](CCC)[C@H](N)C(F)(F)F. The summed E-state index contributed by atoms with van der Waals surface area (Å²) in [6, 6.07) is -2.14. The maximum Gasteiger partial charge on any atom is 0.404 e. The zero-order valence-electron chi connectivity index (χ0n) is 10.2. The van der Waals surface area contributed by atoms with Gasteiger partial charge in [0.2, 0.25) is 0 Å². The molecule has 2 N–H and O–H groups in total. The first kappa shape index (κ1) is 16.2. The van der Waals surface area contributed by atoms with Crippen LogP contribution in [0.4, 0.5) is 13.2 Å². The van der Waals surface area contributed by atoms with Crippen LogP contribution in [-0.2, 0) is 9.53 Å². The Kier molecular flexibility index (Phi) is 7.18. The molecule has 0 saturated carbocycles. The van der Waals surface area contributed by atoms with E-state index in [1.165, 1.54) is 0 Å². The molecule has 0 saturated heterocycles. The monoisotopic (exact) mass is 255 g/mol. The molecule has 0 heterocycles. The van der Waals surface area contributed by atoms with E-state index in [1.54, 1.807) is 6.92 Å². The van der Waals surface area contributed by atoms with Gasteiger partial charge >= 0.3 is 12.1 Å². The first-order valence-electron chi connectivity index (χ1n) is 5.83. The van der Waals surface area contributed by atoms with Gasteiger partial charge in [0.15, 0.2) is 0 Å². The standard InChI is InChI=1S/C11H20F3NO2/c1-3-5-7-17-10(16)8(6-4-2)9(15)11(12,13)14/h8-9H,3-7,15H2,1-2H3/t8-,9-/m0/s1. The minimum absolute atomic E-state index is 0.0889. The Morgan fingerprint density at radius 2 is 1.88 bits per heavy atom. The lowest BCUT2D eigenvalue weighted by atomic mass is 9.95. The molecule has 2 atom stereocenters. The van der Waals surface area contributed by atoms with Crippen molar-refractivity contribution >= 4 is 5.97 Å². The molecule has 0 unspecified atom stereocenters. The van der Waals surface area contributed by atoms with Gasteiger partial charge in [-0.25, -0.2) is 0 Å². The molecule has 0 aliphatic heterocycles. The van der Waals surface area contributed by atoms with Gasteiger partial charge in [-0.2, -0.15) is 13.2 Å². The van der Waals surface area contributed by atoms with Crippen molar-refractivity contribution in [2.24, 2.45) is 11.7 Å². The normalized spacial score (nSPS) is 15.4. The van der Waals surface area contributed by atoms with Gasteiger partial charge in [-0.3, -0.25) is 4.79 Å². The molecule has 0 aliphatic rings. The van der Waals surface area contributed by atoms with Crippen molar-refractivity contribution in [1.29, 1.82) is 0 Å². The summed E-state index contributed by atoms with van der Waals surface area (Å²) in [6.07, 6.45) is -2.56. The predicted molar refractivity (Wildman–Crippen MR) is 58.3 cm³/mol. The third-order valence-electron chi connectivity index (χ3n) is 2.46. The maximum atomic E-state index is 12.4. The number of carbonyl (C=O) groups excluding carboxylic acids is 1. The second-order valence-corrected chi connectivity index (χ2v) is 3.98. The predicted octanol–water partition coefficient (Wildman–Crippen LogP) is 2.64. The number of esters is 1. The van der Waals surface area contributed by atoms with Crippen LogP contribution in [0.2, 0.25) is 0 Å². The van der Waals surface area contributed by atoms with Gasteiger partial charge in [0.25, 0.3) is 0 Å². The third-order valence-corrected chi connectivity index (χ3v) is 2.46. The Balaban J connectivity index is 4.45. The second kappa shape index (κ2) is 7.53. The van der Waals surface area contributed by atoms with Gasteiger partial charge in [0, 0.05) is 0 Å². The molecule has 0 bridgehead atoms. The second-order valence-electron chi connectivity index (χ2n) is 3.98. The number of rotatable bonds is 7. The molecule has 17 heavy (non-hydrogen) atoms. The van der Waals surface area contributed by atoms with Crippen LogP contribution in [0.5, 0.6) is 0 Å². The molecule has 0 aliphatic carbocycles. The van der Waals surface area contributed by atoms with Crippen molar-refractivity contribution in [2.45, 2.75) is 51.7 Å². The van der Waals surface area contributed by atoms with Gasteiger partial charge < -0.3 is 10.5 Å². The smallest absolute Gasteiger partial charge is 0.404 e. The lowest BCUT2D eigenvalue weighted by Gasteiger charge is -2.24. The Labute approximate surface area is 99.5 Å². The average molecular weight is 255 g/mol. The van der Waals surface area contributed by atoms with Crippen LogP contribution >= 0.6 is 0 Å². The van der Waals surface area contributed by atoms with Crippen molar-refractivity contribution < 1.29 is 22.7 Å². The maximum absolute atomic E-state index is 12.4. The Bertz CT molecular complexity index is 231. The average Bonchev–Trinajstić information content (AvgIpc) is 2.23. The van der Waals surface area contributed by atoms with E-state index in [0.717, 1.165) is 6.42 Å². The van der Waals surface area contributed by atoms with E-state index in [9.17, 15) is 18.0 Å². The highest BCUT2D eigenvalue weighted by molar-refractivity contribution is 5.73. The lowest BCUT2D eigenvalue weighted by Crippen LogP contribution is -2.47. The van der Waals surface area contributed by atoms with Crippen LogP contribution in [-0.4, -0.2) is 24.8 Å². The van der Waals surface area contributed by atoms with Crippen LogP contribution in [0.25, 0.3) is 0 Å². The fraction of sp³-hybridized carbons (Fsp3) is 0.909. The molecule has 0 fully saturated rings. The number of halogens is 3. The van der Waals surface area contributed by atoms with Crippen LogP contribution in [0.3, 0.4) is 0 Å². The molecule has 0 aromatic carbocycles.